The number of hydrogen-bond donors (Lipinski definition) is 1. The standard InChI is InChI=1S/C53H38N2/c1-53(2)46-25-13-10-19-38(46)44-32-34(28-30-47(44)53)37-18-11-14-26-48(37)54-52-42-23-8-6-21-40(42)51(41-22-7-9-24-43(41)52)35-29-31-50-45(33-35)39-20-12-15-27-49(39)55(50)36-16-4-3-5-17-36/h3-33,54H,1-2H3. The average molecular weight is 703 g/mol. The van der Waals surface area contributed by atoms with E-state index in [-0.39, 0.29) is 5.41 Å². The SMILES string of the molecule is CC1(C)c2ccccc2-c2cc(-c3ccccc3Nc3c4ccccc4c(-c4ccc5c(c4)c4ccccc4n5-c4ccccc4)c4ccccc34)ccc21. The molecule has 260 valence electrons. The molecule has 1 N–H and O–H groups in total. The van der Waals surface area contributed by atoms with E-state index in [1.165, 1.54) is 93.5 Å². The van der Waals surface area contributed by atoms with Gasteiger partial charge in [-0.1, -0.05) is 159 Å². The molecule has 11 rings (SSSR count). The molecule has 1 aromatic heterocycles. The van der Waals surface area contributed by atoms with Gasteiger partial charge >= 0.3 is 0 Å². The summed E-state index contributed by atoms with van der Waals surface area (Å²) in [5, 5.41) is 11.4. The molecule has 9 aromatic carbocycles. The highest BCUT2D eigenvalue weighted by molar-refractivity contribution is 6.22. The summed E-state index contributed by atoms with van der Waals surface area (Å²) in [6.45, 7) is 4.68. The van der Waals surface area contributed by atoms with E-state index in [2.05, 4.69) is 212 Å². The third kappa shape index (κ3) is 4.74. The van der Waals surface area contributed by atoms with Gasteiger partial charge in [0.05, 0.1) is 16.7 Å². The minimum absolute atomic E-state index is 0.0225. The predicted octanol–water partition coefficient (Wildman–Crippen LogP) is 14.5. The van der Waals surface area contributed by atoms with Gasteiger partial charge < -0.3 is 9.88 Å². The topological polar surface area (TPSA) is 17.0 Å². The van der Waals surface area contributed by atoms with Crippen LogP contribution in [0.25, 0.3) is 82.4 Å². The Balaban J connectivity index is 1.09. The number of rotatable bonds is 5. The van der Waals surface area contributed by atoms with Crippen LogP contribution in [-0.4, -0.2) is 4.57 Å². The van der Waals surface area contributed by atoms with Crippen molar-refractivity contribution in [2.24, 2.45) is 0 Å². The Morgan fingerprint density at radius 3 is 1.73 bits per heavy atom. The first-order chi connectivity index (χ1) is 27.1. The van der Waals surface area contributed by atoms with Crippen LogP contribution in [0.3, 0.4) is 0 Å². The Kier molecular flexibility index (Phi) is 6.93. The van der Waals surface area contributed by atoms with Gasteiger partial charge in [0.15, 0.2) is 0 Å². The fraction of sp³-hybridized carbons (Fsp3) is 0.0566. The van der Waals surface area contributed by atoms with Crippen molar-refractivity contribution in [2.45, 2.75) is 19.3 Å². The maximum atomic E-state index is 4.01. The number of nitrogens with one attached hydrogen (secondary N) is 1. The average Bonchev–Trinajstić information content (AvgIpc) is 3.69. The smallest absolute Gasteiger partial charge is 0.0544 e. The second kappa shape index (κ2) is 12.1. The molecule has 2 heteroatoms. The van der Waals surface area contributed by atoms with E-state index in [1.54, 1.807) is 0 Å². The molecule has 0 bridgehead atoms. The minimum Gasteiger partial charge on any atom is -0.354 e. The highest BCUT2D eigenvalue weighted by Gasteiger charge is 2.35. The van der Waals surface area contributed by atoms with E-state index in [0.29, 0.717) is 0 Å². The van der Waals surface area contributed by atoms with E-state index in [4.69, 9.17) is 0 Å². The zero-order valence-corrected chi connectivity index (χ0v) is 30.8. The predicted molar refractivity (Wildman–Crippen MR) is 234 cm³/mol. The number of para-hydroxylation sites is 3. The first-order valence-electron chi connectivity index (χ1n) is 19.2. The molecule has 0 saturated carbocycles. The minimum atomic E-state index is -0.0225. The van der Waals surface area contributed by atoms with Crippen molar-refractivity contribution in [3.8, 4) is 39.1 Å². The number of aromatic nitrogens is 1. The molecule has 0 radical (unpaired) electrons. The van der Waals surface area contributed by atoms with Gasteiger partial charge in [-0.3, -0.25) is 0 Å². The summed E-state index contributed by atoms with van der Waals surface area (Å²) in [6, 6.07) is 68.9. The molecule has 1 heterocycles. The van der Waals surface area contributed by atoms with Crippen molar-refractivity contribution in [3.05, 3.63) is 199 Å². The lowest BCUT2D eigenvalue weighted by Crippen LogP contribution is -2.14. The summed E-state index contributed by atoms with van der Waals surface area (Å²) < 4.78 is 2.38. The molecule has 0 aliphatic heterocycles. The van der Waals surface area contributed by atoms with Crippen LogP contribution in [0.4, 0.5) is 11.4 Å². The van der Waals surface area contributed by atoms with Crippen LogP contribution in [0.1, 0.15) is 25.0 Å². The van der Waals surface area contributed by atoms with Crippen molar-refractivity contribution in [1.29, 1.82) is 0 Å². The molecule has 0 atom stereocenters. The summed E-state index contributed by atoms with van der Waals surface area (Å²) >= 11 is 0. The number of anilines is 2. The summed E-state index contributed by atoms with van der Waals surface area (Å²) in [7, 11) is 0. The maximum Gasteiger partial charge on any atom is 0.0544 e. The molecule has 0 unspecified atom stereocenters. The van der Waals surface area contributed by atoms with Crippen LogP contribution in [0.15, 0.2) is 188 Å². The van der Waals surface area contributed by atoms with E-state index >= 15 is 0 Å². The lowest BCUT2D eigenvalue weighted by molar-refractivity contribution is 0.660. The van der Waals surface area contributed by atoms with Gasteiger partial charge in [0.1, 0.15) is 0 Å². The van der Waals surface area contributed by atoms with Crippen LogP contribution in [0.2, 0.25) is 0 Å². The Bertz CT molecular complexity index is 3090. The van der Waals surface area contributed by atoms with Crippen LogP contribution < -0.4 is 5.32 Å². The van der Waals surface area contributed by atoms with Crippen molar-refractivity contribution in [3.63, 3.8) is 0 Å². The van der Waals surface area contributed by atoms with Crippen molar-refractivity contribution >= 4 is 54.7 Å². The molecule has 0 amide bonds. The Morgan fingerprint density at radius 1 is 0.400 bits per heavy atom. The molecular formula is C53H38N2. The second-order valence-electron chi connectivity index (χ2n) is 15.4. The van der Waals surface area contributed by atoms with Gasteiger partial charge in [-0.2, -0.15) is 0 Å². The molecule has 55 heavy (non-hydrogen) atoms. The van der Waals surface area contributed by atoms with Gasteiger partial charge in [-0.25, -0.2) is 0 Å². The lowest BCUT2D eigenvalue weighted by Gasteiger charge is -2.22. The third-order valence-corrected chi connectivity index (χ3v) is 12.0. The Labute approximate surface area is 321 Å². The lowest BCUT2D eigenvalue weighted by atomic mass is 9.82. The molecule has 0 fully saturated rings. The summed E-state index contributed by atoms with van der Waals surface area (Å²) in [4.78, 5) is 0. The quantitative estimate of drug-likeness (QED) is 0.177. The van der Waals surface area contributed by atoms with Crippen LogP contribution >= 0.6 is 0 Å². The highest BCUT2D eigenvalue weighted by Crippen LogP contribution is 2.50. The summed E-state index contributed by atoms with van der Waals surface area (Å²) in [5.41, 5.74) is 16.1. The van der Waals surface area contributed by atoms with E-state index < -0.39 is 0 Å². The molecule has 0 saturated heterocycles. The number of hydrogen-bond acceptors (Lipinski definition) is 1. The summed E-state index contributed by atoms with van der Waals surface area (Å²) in [5.74, 6) is 0. The van der Waals surface area contributed by atoms with Crippen molar-refractivity contribution < 1.29 is 0 Å². The third-order valence-electron chi connectivity index (χ3n) is 12.0. The zero-order chi connectivity index (χ0) is 36.7. The number of nitrogens with zero attached hydrogens (tertiary/aromatic N) is 1. The molecular weight excluding hydrogens is 665 g/mol. The first-order valence-corrected chi connectivity index (χ1v) is 19.2. The van der Waals surface area contributed by atoms with Gasteiger partial charge in [-0.05, 0) is 92.2 Å². The normalized spacial score (nSPS) is 13.1. The van der Waals surface area contributed by atoms with Gasteiger partial charge in [0.2, 0.25) is 0 Å². The fourth-order valence-corrected chi connectivity index (χ4v) is 9.42. The monoisotopic (exact) mass is 702 g/mol. The fourth-order valence-electron chi connectivity index (χ4n) is 9.42. The van der Waals surface area contributed by atoms with Crippen molar-refractivity contribution in [1.82, 2.24) is 4.57 Å². The zero-order valence-electron chi connectivity index (χ0n) is 30.8. The van der Waals surface area contributed by atoms with Crippen LogP contribution in [0, 0.1) is 0 Å². The summed E-state index contributed by atoms with van der Waals surface area (Å²) in [6.07, 6.45) is 0. The maximum absolute atomic E-state index is 4.01. The van der Waals surface area contributed by atoms with E-state index in [9.17, 15) is 0 Å². The van der Waals surface area contributed by atoms with Gasteiger partial charge in [-0.15, -0.1) is 0 Å². The number of fused-ring (bicyclic) bond motifs is 8. The van der Waals surface area contributed by atoms with Crippen LogP contribution in [0.5, 0.6) is 0 Å². The Hall–Kier alpha value is -6.90. The van der Waals surface area contributed by atoms with Crippen LogP contribution in [-0.2, 0) is 5.41 Å². The van der Waals surface area contributed by atoms with E-state index in [0.717, 1.165) is 11.4 Å². The Morgan fingerprint density at radius 2 is 0.964 bits per heavy atom. The van der Waals surface area contributed by atoms with Gasteiger partial charge in [0.25, 0.3) is 0 Å². The number of benzene rings is 9. The molecule has 10 aromatic rings. The van der Waals surface area contributed by atoms with E-state index in [1.807, 2.05) is 0 Å². The molecule has 2 nitrogen and oxygen atoms in total. The van der Waals surface area contributed by atoms with Crippen molar-refractivity contribution in [2.75, 3.05) is 5.32 Å². The largest absolute Gasteiger partial charge is 0.354 e. The molecule has 1 aliphatic carbocycles. The second-order valence-corrected chi connectivity index (χ2v) is 15.4. The molecule has 1 aliphatic rings. The first kappa shape index (κ1) is 31.6. The molecule has 0 spiro atoms. The highest BCUT2D eigenvalue weighted by atomic mass is 15.0. The van der Waals surface area contributed by atoms with Gasteiger partial charge in [0, 0.05) is 43.9 Å².